The van der Waals surface area contributed by atoms with Gasteiger partial charge in [0.05, 0.1) is 15.9 Å². The molecule has 15 nitrogen and oxygen atoms in total. The van der Waals surface area contributed by atoms with Crippen molar-refractivity contribution in [3.63, 3.8) is 0 Å². The lowest BCUT2D eigenvalue weighted by atomic mass is 10.0. The van der Waals surface area contributed by atoms with Gasteiger partial charge in [-0.1, -0.05) is 29.8 Å². The zero-order valence-electron chi connectivity index (χ0n) is 25.6. The van der Waals surface area contributed by atoms with Gasteiger partial charge in [-0.05, 0) is 92.0 Å². The number of halogens is 1. The van der Waals surface area contributed by atoms with E-state index in [-0.39, 0.29) is 24.1 Å². The van der Waals surface area contributed by atoms with Crippen LogP contribution in [0.1, 0.15) is 44.7 Å². The fraction of sp³-hybridized carbons (Fsp3) is 0.226. The second kappa shape index (κ2) is 18.3. The molecule has 0 radical (unpaired) electrons. The van der Waals surface area contributed by atoms with Gasteiger partial charge < -0.3 is 32.9 Å². The minimum Gasteiger partial charge on any atom is -0.483 e. The van der Waals surface area contributed by atoms with Crippen LogP contribution < -0.4 is 27.8 Å². The Morgan fingerprint density at radius 3 is 2.36 bits per heavy atom. The number of hydrogen-bond acceptors (Lipinski definition) is 12. The number of aromatic nitrogens is 6. The first-order valence-corrected chi connectivity index (χ1v) is 14.8. The van der Waals surface area contributed by atoms with Crippen molar-refractivity contribution in [1.82, 2.24) is 41.2 Å². The normalized spacial score (nSPS) is 10.3. The molecule has 0 aliphatic rings. The Morgan fingerprint density at radius 1 is 0.979 bits per heavy atom. The number of aryl methyl sites for hydroxylation is 2. The molecule has 0 bridgehead atoms. The Kier molecular flexibility index (Phi) is 14.0. The second-order valence-electron chi connectivity index (χ2n) is 9.97. The summed E-state index contributed by atoms with van der Waals surface area (Å²) in [4.78, 5) is 39.5. The molecule has 0 spiro atoms. The summed E-state index contributed by atoms with van der Waals surface area (Å²) in [6.07, 6.45) is 4.24. The van der Waals surface area contributed by atoms with Gasteiger partial charge in [-0.3, -0.25) is 14.4 Å². The highest BCUT2D eigenvalue weighted by molar-refractivity contribution is 6.37. The van der Waals surface area contributed by atoms with Gasteiger partial charge in [0.25, 0.3) is 12.4 Å². The van der Waals surface area contributed by atoms with Gasteiger partial charge in [-0.25, -0.2) is 4.98 Å². The van der Waals surface area contributed by atoms with E-state index in [0.717, 1.165) is 49.6 Å². The third-order valence-corrected chi connectivity index (χ3v) is 7.19. The van der Waals surface area contributed by atoms with E-state index in [9.17, 15) is 9.59 Å². The Hall–Kier alpha value is -5.67. The second-order valence-corrected chi connectivity index (χ2v) is 10.3. The summed E-state index contributed by atoms with van der Waals surface area (Å²) in [5, 5.41) is 27.4. The lowest BCUT2D eigenvalue weighted by molar-refractivity contribution is -0.122. The minimum absolute atomic E-state index is 0.0432. The number of amides is 1. The lowest BCUT2D eigenvalue weighted by Crippen LogP contribution is -2.25. The molecule has 0 atom stereocenters. The molecule has 16 heteroatoms. The topological polar surface area (TPSA) is 254 Å². The third-order valence-electron chi connectivity index (χ3n) is 6.75. The van der Waals surface area contributed by atoms with Crippen LogP contribution in [0.5, 0.6) is 0 Å². The molecule has 246 valence electrons. The summed E-state index contributed by atoms with van der Waals surface area (Å²) in [6.45, 7) is 1.39. The van der Waals surface area contributed by atoms with Crippen molar-refractivity contribution in [1.29, 1.82) is 0 Å². The number of fused-ring (bicyclic) bond motifs is 1. The zero-order valence-corrected chi connectivity index (χ0v) is 26.4. The van der Waals surface area contributed by atoms with E-state index in [0.29, 0.717) is 50.7 Å². The number of hydrogen-bond donors (Lipinski definition) is 7. The van der Waals surface area contributed by atoms with Crippen molar-refractivity contribution in [3.05, 3.63) is 81.9 Å². The number of benzene rings is 3. The number of carbonyl (C=O) groups excluding carboxylic acids is 2. The van der Waals surface area contributed by atoms with Crippen molar-refractivity contribution in [2.45, 2.75) is 25.7 Å². The van der Waals surface area contributed by atoms with Crippen molar-refractivity contribution in [3.8, 4) is 11.4 Å². The molecule has 0 fully saturated rings. The number of nitrogens with two attached hydrogens (primary N) is 3. The number of nitrogen functional groups attached to an aromatic ring is 3. The van der Waals surface area contributed by atoms with E-state index in [4.69, 9.17) is 38.7 Å². The van der Waals surface area contributed by atoms with Crippen LogP contribution >= 0.6 is 11.6 Å². The van der Waals surface area contributed by atoms with Gasteiger partial charge in [-0.2, -0.15) is 10.2 Å². The van der Waals surface area contributed by atoms with Crippen molar-refractivity contribution >= 4 is 58.6 Å². The molecule has 0 saturated carbocycles. The number of tetrazole rings is 1. The van der Waals surface area contributed by atoms with Crippen LogP contribution in [0.25, 0.3) is 22.3 Å². The van der Waals surface area contributed by atoms with Gasteiger partial charge in [0, 0.05) is 28.9 Å². The quantitative estimate of drug-likeness (QED) is 0.0611. The van der Waals surface area contributed by atoms with Crippen LogP contribution in [-0.4, -0.2) is 74.5 Å². The molecule has 0 aliphatic heterocycles. The molecule has 0 unspecified atom stereocenters. The SMILES string of the molecule is CNCCCCNC(=O)c1ccc(CCc2ccc3nc(N)nc(N)c3c2Cl)cc1.Nc1ccc(C=O)c(-c2nn[nH]n2)c1.O=CO. The number of rotatable bonds is 11. The molecule has 10 N–H and O–H groups in total. The van der Waals surface area contributed by atoms with E-state index in [1.165, 1.54) is 0 Å². The van der Waals surface area contributed by atoms with Crippen molar-refractivity contribution < 1.29 is 19.5 Å². The van der Waals surface area contributed by atoms with Crippen LogP contribution in [0.2, 0.25) is 5.02 Å². The molecular weight excluding hydrogens is 626 g/mol. The number of anilines is 3. The Bertz CT molecular complexity index is 1770. The molecule has 2 aromatic heterocycles. The van der Waals surface area contributed by atoms with Gasteiger partial charge >= 0.3 is 0 Å². The number of aromatic amines is 1. The van der Waals surface area contributed by atoms with Gasteiger partial charge in [0.15, 0.2) is 6.29 Å². The maximum Gasteiger partial charge on any atom is 0.290 e. The molecule has 3 aromatic carbocycles. The van der Waals surface area contributed by atoms with Crippen molar-refractivity contribution in [2.24, 2.45) is 0 Å². The fourth-order valence-electron chi connectivity index (χ4n) is 4.45. The van der Waals surface area contributed by atoms with Crippen LogP contribution in [-0.2, 0) is 17.6 Å². The van der Waals surface area contributed by atoms with Gasteiger partial charge in [0.2, 0.25) is 11.8 Å². The van der Waals surface area contributed by atoms with E-state index in [2.05, 4.69) is 41.2 Å². The average Bonchev–Trinajstić information content (AvgIpc) is 3.60. The molecule has 0 saturated heterocycles. The summed E-state index contributed by atoms with van der Waals surface area (Å²) in [6, 6.07) is 16.4. The number of nitrogens with zero attached hydrogens (tertiary/aromatic N) is 5. The molecule has 2 heterocycles. The maximum atomic E-state index is 12.2. The van der Waals surface area contributed by atoms with E-state index in [1.54, 1.807) is 18.2 Å². The van der Waals surface area contributed by atoms with Crippen LogP contribution in [0, 0.1) is 0 Å². The van der Waals surface area contributed by atoms with Crippen LogP contribution in [0.3, 0.4) is 0 Å². The Balaban J connectivity index is 0.000000292. The number of carbonyl (C=O) groups is 3. The van der Waals surface area contributed by atoms with Crippen LogP contribution in [0.15, 0.2) is 54.6 Å². The molecule has 1 amide bonds. The Labute approximate surface area is 275 Å². The van der Waals surface area contributed by atoms with Gasteiger partial charge in [0.1, 0.15) is 5.82 Å². The molecule has 47 heavy (non-hydrogen) atoms. The Morgan fingerprint density at radius 2 is 1.70 bits per heavy atom. The molecular formula is C31H36ClN11O4. The van der Waals surface area contributed by atoms with Crippen LogP contribution in [0.4, 0.5) is 17.5 Å². The summed E-state index contributed by atoms with van der Waals surface area (Å²) in [5.41, 5.74) is 22.2. The summed E-state index contributed by atoms with van der Waals surface area (Å²) < 4.78 is 0. The molecule has 5 aromatic rings. The number of aldehydes is 1. The standard InChI is InChI=1S/C22H27ClN6O.C8H7N5O.CH2O2/c1-26-12-2-3-13-27-21(30)16-8-5-14(6-9-16)4-7-15-10-11-17-18(19(15)23)20(24)29-22(25)28-17;9-6-2-1-5(4-14)7(3-6)8-10-12-13-11-8;2-1-3/h5-6,8-11,26H,2-4,7,12-13H2,1H3,(H,27,30)(H4,24,25,28,29);1-4H,9H2,(H,10,11,12,13);1H,(H,2,3). The number of carboxylic acid groups (broad SMARTS) is 1. The van der Waals surface area contributed by atoms with E-state index >= 15 is 0 Å². The molecule has 0 aliphatic carbocycles. The smallest absolute Gasteiger partial charge is 0.290 e. The highest BCUT2D eigenvalue weighted by Crippen LogP contribution is 2.31. The first-order valence-electron chi connectivity index (χ1n) is 14.4. The number of unbranched alkanes of at least 4 members (excludes halogenated alkanes) is 1. The van der Waals surface area contributed by atoms with Gasteiger partial charge in [-0.15, -0.1) is 10.2 Å². The van der Waals surface area contributed by atoms with Crippen molar-refractivity contribution in [2.75, 3.05) is 37.3 Å². The predicted octanol–water partition coefficient (Wildman–Crippen LogP) is 2.92. The lowest BCUT2D eigenvalue weighted by Gasteiger charge is -2.10. The molecule has 5 rings (SSSR count). The zero-order chi connectivity index (χ0) is 34.2. The monoisotopic (exact) mass is 661 g/mol. The first kappa shape index (κ1) is 35.8. The van der Waals surface area contributed by atoms with E-state index < -0.39 is 0 Å². The summed E-state index contributed by atoms with van der Waals surface area (Å²) in [5.74, 6) is 0.731. The minimum atomic E-state index is -0.250. The maximum absolute atomic E-state index is 12.2. The largest absolute Gasteiger partial charge is 0.483 e. The predicted molar refractivity (Wildman–Crippen MR) is 181 cm³/mol. The highest BCUT2D eigenvalue weighted by Gasteiger charge is 2.12. The summed E-state index contributed by atoms with van der Waals surface area (Å²) >= 11 is 6.55. The first-order chi connectivity index (χ1) is 22.7. The number of H-pyrrole nitrogens is 1. The third kappa shape index (κ3) is 10.4. The number of nitrogens with one attached hydrogen (secondary N) is 3. The highest BCUT2D eigenvalue weighted by atomic mass is 35.5. The van der Waals surface area contributed by atoms with E-state index in [1.807, 2.05) is 43.4 Å². The summed E-state index contributed by atoms with van der Waals surface area (Å²) in [7, 11) is 1.92. The fourth-order valence-corrected chi connectivity index (χ4v) is 4.80. The average molecular weight is 662 g/mol.